The number of hydrogen-bond acceptors (Lipinski definition) is 7. The second kappa shape index (κ2) is 11.2. The van der Waals surface area contributed by atoms with E-state index in [0.29, 0.717) is 11.1 Å². The number of rotatable bonds is 7. The van der Waals surface area contributed by atoms with Gasteiger partial charge < -0.3 is 14.8 Å². The maximum absolute atomic E-state index is 12.9. The molecule has 4 aromatic rings. The third kappa shape index (κ3) is 5.61. The van der Waals surface area contributed by atoms with Gasteiger partial charge in [-0.15, -0.1) is 0 Å². The van der Waals surface area contributed by atoms with Crippen LogP contribution in [0.1, 0.15) is 15.9 Å². The Morgan fingerprint density at radius 2 is 1.79 bits per heavy atom. The number of methoxy groups -OCH3 is 1. The molecule has 0 heterocycles. The summed E-state index contributed by atoms with van der Waals surface area (Å²) in [7, 11) is 1.39. The number of nitriles is 1. The molecule has 9 nitrogen and oxygen atoms in total. The lowest BCUT2D eigenvalue weighted by Gasteiger charge is -2.11. The van der Waals surface area contributed by atoms with Crippen LogP contribution in [0.4, 0.5) is 11.4 Å². The van der Waals surface area contributed by atoms with E-state index in [1.165, 1.54) is 37.5 Å². The minimum atomic E-state index is -0.783. The second-order valence-corrected chi connectivity index (χ2v) is 8.28. The Balaban J connectivity index is 1.56. The number of nitrogens with one attached hydrogen (secondary N) is 1. The van der Waals surface area contributed by atoms with Crippen LogP contribution in [-0.4, -0.2) is 23.9 Å². The molecule has 0 saturated carbocycles. The largest absolute Gasteiger partial charge is 0.493 e. The normalized spacial score (nSPS) is 10.9. The van der Waals surface area contributed by atoms with Gasteiger partial charge in [0.05, 0.1) is 17.6 Å². The molecule has 0 saturated heterocycles. The Labute approximate surface area is 221 Å². The first-order valence-electron chi connectivity index (χ1n) is 11.1. The number of nitrogens with zero attached hydrogens (tertiary/aromatic N) is 2. The molecule has 0 radical (unpaired) electrons. The fourth-order valence-corrected chi connectivity index (χ4v) is 3.85. The van der Waals surface area contributed by atoms with Crippen molar-refractivity contribution in [3.8, 4) is 17.6 Å². The summed E-state index contributed by atoms with van der Waals surface area (Å²) in [4.78, 5) is 36.0. The topological polar surface area (TPSA) is 132 Å². The van der Waals surface area contributed by atoms with Crippen LogP contribution in [0.3, 0.4) is 0 Å². The summed E-state index contributed by atoms with van der Waals surface area (Å²) in [5.41, 5.74) is 0.247. The van der Waals surface area contributed by atoms with Crippen molar-refractivity contribution in [3.05, 3.63) is 111 Å². The fraction of sp³-hybridized carbons (Fsp3) is 0.0357. The van der Waals surface area contributed by atoms with E-state index in [2.05, 4.69) is 5.32 Å². The molecular weight excluding hydrogens is 510 g/mol. The van der Waals surface area contributed by atoms with Gasteiger partial charge in [0, 0.05) is 11.8 Å². The smallest absolute Gasteiger partial charge is 0.344 e. The number of esters is 1. The van der Waals surface area contributed by atoms with Crippen molar-refractivity contribution in [1.29, 1.82) is 5.26 Å². The standard InChI is InChI=1S/C28H18ClN3O6/c1-37-26-14-17(13-19(16-30)27(33)31-20-10-11-23(29)24(15-20)32(35)36)9-12-25(26)38-28(34)22-8-4-6-18-5-2-3-7-21(18)22/h2-15H,1H3,(H,31,33)/b19-13+. The molecule has 1 N–H and O–H groups in total. The summed E-state index contributed by atoms with van der Waals surface area (Å²) < 4.78 is 11.0. The molecule has 0 bridgehead atoms. The van der Waals surface area contributed by atoms with Crippen LogP contribution in [0.5, 0.6) is 11.5 Å². The number of ether oxygens (including phenoxy) is 2. The molecule has 0 unspecified atom stereocenters. The predicted molar refractivity (Wildman–Crippen MR) is 142 cm³/mol. The number of anilines is 1. The predicted octanol–water partition coefficient (Wildman–Crippen LogP) is 6.17. The van der Waals surface area contributed by atoms with Crippen LogP contribution < -0.4 is 14.8 Å². The number of amides is 1. The van der Waals surface area contributed by atoms with Gasteiger partial charge in [-0.05, 0) is 52.7 Å². The van der Waals surface area contributed by atoms with Crippen molar-refractivity contribution in [1.82, 2.24) is 0 Å². The SMILES string of the molecule is COc1cc(/C=C(\C#N)C(=O)Nc2ccc(Cl)c([N+](=O)[O-])c2)ccc1OC(=O)c1cccc2ccccc12. The van der Waals surface area contributed by atoms with Gasteiger partial charge in [0.2, 0.25) is 0 Å². The monoisotopic (exact) mass is 527 g/mol. The molecule has 10 heteroatoms. The minimum absolute atomic E-state index is 0.0858. The van der Waals surface area contributed by atoms with E-state index >= 15 is 0 Å². The van der Waals surface area contributed by atoms with Crippen molar-refractivity contribution in [3.63, 3.8) is 0 Å². The molecule has 1 amide bonds. The molecule has 0 aliphatic heterocycles. The highest BCUT2D eigenvalue weighted by Crippen LogP contribution is 2.31. The van der Waals surface area contributed by atoms with Gasteiger partial charge in [-0.2, -0.15) is 5.26 Å². The summed E-state index contributed by atoms with van der Waals surface area (Å²) in [6.45, 7) is 0. The van der Waals surface area contributed by atoms with Gasteiger partial charge in [-0.3, -0.25) is 14.9 Å². The van der Waals surface area contributed by atoms with Crippen LogP contribution in [0, 0.1) is 21.4 Å². The average Bonchev–Trinajstić information content (AvgIpc) is 2.92. The van der Waals surface area contributed by atoms with Gasteiger partial charge >= 0.3 is 5.97 Å². The molecule has 38 heavy (non-hydrogen) atoms. The number of nitro benzene ring substituents is 1. The van der Waals surface area contributed by atoms with Crippen LogP contribution in [-0.2, 0) is 4.79 Å². The Morgan fingerprint density at radius 1 is 1.03 bits per heavy atom. The molecule has 0 fully saturated rings. The van der Waals surface area contributed by atoms with E-state index in [1.54, 1.807) is 24.3 Å². The maximum atomic E-state index is 12.9. The van der Waals surface area contributed by atoms with E-state index in [1.807, 2.05) is 30.3 Å². The van der Waals surface area contributed by atoms with Crippen LogP contribution in [0.15, 0.2) is 84.4 Å². The Kier molecular flexibility index (Phi) is 7.66. The first kappa shape index (κ1) is 25.9. The van der Waals surface area contributed by atoms with Crippen molar-refractivity contribution < 1.29 is 24.0 Å². The number of nitro groups is 1. The number of benzene rings is 4. The van der Waals surface area contributed by atoms with Crippen LogP contribution in [0.25, 0.3) is 16.8 Å². The number of carbonyl (C=O) groups excluding carboxylic acids is 2. The number of fused-ring (bicyclic) bond motifs is 1. The zero-order valence-corrected chi connectivity index (χ0v) is 20.6. The molecule has 0 aliphatic carbocycles. The zero-order valence-electron chi connectivity index (χ0n) is 19.8. The van der Waals surface area contributed by atoms with E-state index < -0.39 is 16.8 Å². The summed E-state index contributed by atoms with van der Waals surface area (Å²) in [5.74, 6) is -0.996. The molecule has 4 rings (SSSR count). The van der Waals surface area contributed by atoms with Crippen LogP contribution in [0.2, 0.25) is 5.02 Å². The quantitative estimate of drug-likeness (QED) is 0.0758. The van der Waals surface area contributed by atoms with Crippen molar-refractivity contribution in [2.45, 2.75) is 0 Å². The lowest BCUT2D eigenvalue weighted by atomic mass is 10.0. The van der Waals surface area contributed by atoms with Gasteiger partial charge in [-0.25, -0.2) is 4.79 Å². The van der Waals surface area contributed by atoms with Gasteiger partial charge in [0.25, 0.3) is 11.6 Å². The number of hydrogen-bond donors (Lipinski definition) is 1. The Hall–Kier alpha value is -5.20. The second-order valence-electron chi connectivity index (χ2n) is 7.87. The Morgan fingerprint density at radius 3 is 2.53 bits per heavy atom. The first-order valence-corrected chi connectivity index (χ1v) is 11.4. The molecule has 0 spiro atoms. The molecule has 188 valence electrons. The molecular formula is C28H18ClN3O6. The minimum Gasteiger partial charge on any atom is -0.493 e. The van der Waals surface area contributed by atoms with E-state index in [4.69, 9.17) is 21.1 Å². The molecule has 0 aromatic heterocycles. The van der Waals surface area contributed by atoms with Crippen LogP contribution >= 0.6 is 11.6 Å². The van der Waals surface area contributed by atoms with E-state index in [9.17, 15) is 25.0 Å². The highest BCUT2D eigenvalue weighted by atomic mass is 35.5. The van der Waals surface area contributed by atoms with Gasteiger partial charge in [-0.1, -0.05) is 54.1 Å². The van der Waals surface area contributed by atoms with Crippen molar-refractivity contribution in [2.24, 2.45) is 0 Å². The number of carbonyl (C=O) groups is 2. The third-order valence-electron chi connectivity index (χ3n) is 5.48. The summed E-state index contributed by atoms with van der Waals surface area (Å²) in [6.07, 6.45) is 1.30. The summed E-state index contributed by atoms with van der Waals surface area (Å²) in [5, 5.41) is 24.6. The molecule has 4 aromatic carbocycles. The maximum Gasteiger partial charge on any atom is 0.344 e. The number of halogens is 1. The van der Waals surface area contributed by atoms with E-state index in [-0.39, 0.29) is 33.5 Å². The summed E-state index contributed by atoms with van der Waals surface area (Å²) in [6, 6.07) is 22.8. The Bertz CT molecular complexity index is 1650. The average molecular weight is 528 g/mol. The molecule has 0 aliphatic rings. The van der Waals surface area contributed by atoms with Gasteiger partial charge in [0.15, 0.2) is 11.5 Å². The third-order valence-corrected chi connectivity index (χ3v) is 5.80. The van der Waals surface area contributed by atoms with Crippen molar-refractivity contribution in [2.75, 3.05) is 12.4 Å². The lowest BCUT2D eigenvalue weighted by molar-refractivity contribution is -0.384. The zero-order chi connectivity index (χ0) is 27.2. The lowest BCUT2D eigenvalue weighted by Crippen LogP contribution is -2.13. The molecule has 0 atom stereocenters. The highest BCUT2D eigenvalue weighted by Gasteiger charge is 2.18. The summed E-state index contributed by atoms with van der Waals surface area (Å²) >= 11 is 5.80. The van der Waals surface area contributed by atoms with Crippen molar-refractivity contribution >= 4 is 51.7 Å². The highest BCUT2D eigenvalue weighted by molar-refractivity contribution is 6.32. The van der Waals surface area contributed by atoms with Gasteiger partial charge in [0.1, 0.15) is 16.7 Å². The first-order chi connectivity index (χ1) is 18.3. The fourth-order valence-electron chi connectivity index (χ4n) is 3.66. The van der Waals surface area contributed by atoms with E-state index in [0.717, 1.165) is 16.8 Å².